The third-order valence-corrected chi connectivity index (χ3v) is 5.47. The minimum atomic E-state index is -0.741. The van der Waals surface area contributed by atoms with Gasteiger partial charge >= 0.3 is 11.9 Å². The maximum atomic E-state index is 12.5. The van der Waals surface area contributed by atoms with Crippen LogP contribution in [0.4, 0.5) is 17.5 Å². The molecule has 1 aliphatic heterocycles. The maximum absolute atomic E-state index is 12.5. The highest BCUT2D eigenvalue weighted by Gasteiger charge is 2.37. The summed E-state index contributed by atoms with van der Waals surface area (Å²) >= 11 is 0. The summed E-state index contributed by atoms with van der Waals surface area (Å²) in [6.45, 7) is 5.35. The molecule has 176 valence electrons. The van der Waals surface area contributed by atoms with Crippen LogP contribution in [0.15, 0.2) is 54.7 Å². The highest BCUT2D eigenvalue weighted by atomic mass is 16.6. The average molecular weight is 463 g/mol. The molecule has 0 amide bonds. The molecule has 2 heterocycles. The Morgan fingerprint density at radius 1 is 1.21 bits per heavy atom. The first-order valence-electron chi connectivity index (χ1n) is 10.9. The van der Waals surface area contributed by atoms with Crippen LogP contribution in [0.25, 0.3) is 0 Å². The molecule has 0 saturated carbocycles. The molecule has 1 aliphatic rings. The first kappa shape index (κ1) is 23.2. The number of hydrogen-bond acceptors (Lipinski definition) is 9. The molecule has 3 aromatic rings. The van der Waals surface area contributed by atoms with Gasteiger partial charge in [0.25, 0.3) is 0 Å². The number of rotatable bonds is 8. The van der Waals surface area contributed by atoms with Crippen molar-refractivity contribution < 1.29 is 24.2 Å². The predicted octanol–water partition coefficient (Wildman–Crippen LogP) is 3.95. The number of fused-ring (bicyclic) bond motifs is 1. The zero-order valence-electron chi connectivity index (χ0n) is 19.2. The van der Waals surface area contributed by atoms with Gasteiger partial charge in [0.05, 0.1) is 24.8 Å². The molecule has 0 bridgehead atoms. The van der Waals surface area contributed by atoms with E-state index >= 15 is 0 Å². The number of hydrogen-bond donors (Lipinski definition) is 3. The molecule has 2 aromatic carbocycles. The topological polar surface area (TPSA) is 123 Å². The van der Waals surface area contributed by atoms with Gasteiger partial charge in [-0.05, 0) is 44.5 Å². The molecule has 9 nitrogen and oxygen atoms in total. The highest BCUT2D eigenvalue weighted by molar-refractivity contribution is 5.96. The minimum absolute atomic E-state index is 0.149. The van der Waals surface area contributed by atoms with E-state index in [1.54, 1.807) is 19.1 Å². The zero-order chi connectivity index (χ0) is 24.3. The number of aliphatic hydroxyl groups is 1. The van der Waals surface area contributed by atoms with E-state index in [1.807, 2.05) is 50.2 Å². The number of cyclic esters (lactones) is 1. The molecular formula is C25H26N4O5. The summed E-state index contributed by atoms with van der Waals surface area (Å²) in [6.07, 6.45) is 1.37. The highest BCUT2D eigenvalue weighted by Crippen LogP contribution is 2.37. The summed E-state index contributed by atoms with van der Waals surface area (Å²) < 4.78 is 10.6. The molecule has 0 fully saturated rings. The number of carbonyl (C=O) groups is 2. The van der Waals surface area contributed by atoms with Gasteiger partial charge in [-0.3, -0.25) is 0 Å². The van der Waals surface area contributed by atoms with Crippen molar-refractivity contribution in [2.24, 2.45) is 0 Å². The fourth-order valence-electron chi connectivity index (χ4n) is 3.76. The number of aliphatic hydroxyl groups excluding tert-OH is 1. The number of aromatic nitrogens is 2. The molecular weight excluding hydrogens is 436 g/mol. The molecule has 0 radical (unpaired) electrons. The van der Waals surface area contributed by atoms with E-state index in [9.17, 15) is 14.7 Å². The Morgan fingerprint density at radius 3 is 2.68 bits per heavy atom. The Morgan fingerprint density at radius 2 is 1.97 bits per heavy atom. The van der Waals surface area contributed by atoms with Gasteiger partial charge in [0.1, 0.15) is 17.0 Å². The lowest BCUT2D eigenvalue weighted by atomic mass is 9.95. The lowest BCUT2D eigenvalue weighted by Crippen LogP contribution is -2.19. The van der Waals surface area contributed by atoms with Crippen LogP contribution in [0.5, 0.6) is 0 Å². The third kappa shape index (κ3) is 4.69. The molecule has 4 rings (SSSR count). The van der Waals surface area contributed by atoms with Gasteiger partial charge in [-0.15, -0.1) is 0 Å². The normalized spacial score (nSPS) is 14.6. The van der Waals surface area contributed by atoms with E-state index in [0.29, 0.717) is 11.3 Å². The van der Waals surface area contributed by atoms with E-state index in [2.05, 4.69) is 20.6 Å². The number of carbonyl (C=O) groups excluding carboxylic acids is 2. The smallest absolute Gasteiger partial charge is 0.343 e. The van der Waals surface area contributed by atoms with Gasteiger partial charge in [-0.2, -0.15) is 4.98 Å². The van der Waals surface area contributed by atoms with E-state index in [4.69, 9.17) is 9.47 Å². The number of esters is 2. The van der Waals surface area contributed by atoms with Gasteiger partial charge in [0, 0.05) is 17.4 Å². The van der Waals surface area contributed by atoms with E-state index in [-0.39, 0.29) is 36.5 Å². The Balaban J connectivity index is 1.66. The van der Waals surface area contributed by atoms with Gasteiger partial charge in [0.2, 0.25) is 5.95 Å². The number of benzene rings is 2. The summed E-state index contributed by atoms with van der Waals surface area (Å²) in [6, 6.07) is 14.1. The van der Waals surface area contributed by atoms with Crippen molar-refractivity contribution in [2.75, 3.05) is 23.8 Å². The van der Waals surface area contributed by atoms with E-state index in [1.165, 1.54) is 6.20 Å². The van der Waals surface area contributed by atoms with Crippen molar-refractivity contribution in [1.29, 1.82) is 0 Å². The van der Waals surface area contributed by atoms with Gasteiger partial charge < -0.3 is 25.2 Å². The molecule has 0 aliphatic carbocycles. The summed E-state index contributed by atoms with van der Waals surface area (Å²) in [7, 11) is 0. The summed E-state index contributed by atoms with van der Waals surface area (Å²) in [5.74, 6) is -0.484. The van der Waals surface area contributed by atoms with Gasteiger partial charge in [-0.25, -0.2) is 14.6 Å². The van der Waals surface area contributed by atoms with Crippen molar-refractivity contribution in [2.45, 2.75) is 32.4 Å². The Kier molecular flexibility index (Phi) is 6.47. The van der Waals surface area contributed by atoms with Crippen LogP contribution in [0, 0.1) is 0 Å². The SMILES string of the molecule is CCOC(=O)c1cnc(Nc2ccc3c(c2)C(C)(C)OC3=O)nc1N[C@H](CO)c1ccccc1. The van der Waals surface area contributed by atoms with Crippen molar-refractivity contribution in [3.63, 3.8) is 0 Å². The van der Waals surface area contributed by atoms with Crippen molar-refractivity contribution >= 4 is 29.4 Å². The van der Waals surface area contributed by atoms with Crippen LogP contribution in [0.1, 0.15) is 58.7 Å². The average Bonchev–Trinajstić information content (AvgIpc) is 3.06. The minimum Gasteiger partial charge on any atom is -0.462 e. The quantitative estimate of drug-likeness (QED) is 0.427. The molecule has 1 aromatic heterocycles. The first-order chi connectivity index (χ1) is 16.3. The molecule has 0 unspecified atom stereocenters. The van der Waals surface area contributed by atoms with Crippen LogP contribution in [-0.4, -0.2) is 40.2 Å². The maximum Gasteiger partial charge on any atom is 0.343 e. The fraction of sp³-hybridized carbons (Fsp3) is 0.280. The molecule has 0 spiro atoms. The van der Waals surface area contributed by atoms with Crippen LogP contribution in [0.2, 0.25) is 0 Å². The fourth-order valence-corrected chi connectivity index (χ4v) is 3.76. The van der Waals surface area contributed by atoms with Gasteiger partial charge in [-0.1, -0.05) is 30.3 Å². The Bertz CT molecular complexity index is 1210. The monoisotopic (exact) mass is 462 g/mol. The van der Waals surface area contributed by atoms with E-state index < -0.39 is 17.6 Å². The van der Waals surface area contributed by atoms with Gasteiger partial charge in [0.15, 0.2) is 0 Å². The molecule has 1 atom stereocenters. The lowest BCUT2D eigenvalue weighted by molar-refractivity contribution is 0.00952. The number of ether oxygens (including phenoxy) is 2. The number of nitrogens with one attached hydrogen (secondary N) is 2. The van der Waals surface area contributed by atoms with E-state index in [0.717, 1.165) is 11.1 Å². The van der Waals surface area contributed by atoms with Crippen LogP contribution >= 0.6 is 0 Å². The second kappa shape index (κ2) is 9.48. The molecule has 3 N–H and O–H groups in total. The van der Waals surface area contributed by atoms with Crippen LogP contribution < -0.4 is 10.6 Å². The zero-order valence-corrected chi connectivity index (χ0v) is 19.2. The first-order valence-corrected chi connectivity index (χ1v) is 10.9. The predicted molar refractivity (Wildman–Crippen MR) is 126 cm³/mol. The summed E-state index contributed by atoms with van der Waals surface area (Å²) in [5.41, 5.74) is 2.17. The van der Waals surface area contributed by atoms with Crippen LogP contribution in [0.3, 0.4) is 0 Å². The largest absolute Gasteiger partial charge is 0.462 e. The second-order valence-corrected chi connectivity index (χ2v) is 8.25. The standard InChI is InChI=1S/C25H26N4O5/c1-4-33-22(31)18-13-26-24(29-21(18)28-20(14-30)15-8-6-5-7-9-15)27-16-10-11-17-19(12-16)25(2,3)34-23(17)32/h5-13,20,30H,4,14H2,1-3H3,(H2,26,27,28,29)/t20-/m1/s1. The second-order valence-electron chi connectivity index (χ2n) is 8.25. The summed E-state index contributed by atoms with van der Waals surface area (Å²) in [4.78, 5) is 33.3. The molecule has 34 heavy (non-hydrogen) atoms. The molecule has 0 saturated heterocycles. The van der Waals surface area contributed by atoms with Crippen molar-refractivity contribution in [1.82, 2.24) is 9.97 Å². The van der Waals surface area contributed by atoms with Crippen molar-refractivity contribution in [3.05, 3.63) is 77.0 Å². The van der Waals surface area contributed by atoms with Crippen LogP contribution in [-0.2, 0) is 15.1 Å². The van der Waals surface area contributed by atoms with Crippen molar-refractivity contribution in [3.8, 4) is 0 Å². The Hall–Kier alpha value is -3.98. The number of nitrogens with zero attached hydrogens (tertiary/aromatic N) is 2. The number of anilines is 3. The third-order valence-electron chi connectivity index (χ3n) is 5.47. The Labute approximate surface area is 197 Å². The lowest BCUT2D eigenvalue weighted by Gasteiger charge is -2.20. The molecule has 9 heteroatoms. The summed E-state index contributed by atoms with van der Waals surface area (Å²) in [5, 5.41) is 16.2.